The molecule has 4 bridgehead atoms. The van der Waals surface area contributed by atoms with Gasteiger partial charge in [0.1, 0.15) is 5.75 Å². The highest BCUT2D eigenvalue weighted by molar-refractivity contribution is 5.79. The van der Waals surface area contributed by atoms with Gasteiger partial charge >= 0.3 is 5.97 Å². The van der Waals surface area contributed by atoms with E-state index in [9.17, 15) is 4.79 Å². The molecule has 0 aliphatic heterocycles. The summed E-state index contributed by atoms with van der Waals surface area (Å²) in [5.41, 5.74) is 1.18. The molecule has 4 saturated carbocycles. The first-order valence-corrected chi connectivity index (χ1v) is 12.3. The van der Waals surface area contributed by atoms with Crippen molar-refractivity contribution in [2.75, 3.05) is 32.9 Å². The molecular weight excluding hydrogens is 390 g/mol. The number of nitrogens with one attached hydrogen (secondary N) is 1. The van der Waals surface area contributed by atoms with Crippen LogP contribution < -0.4 is 10.1 Å². The standard InChI is InChI=1S/C26H39NO4/c1-2-30-25(29)24(26-16-19-13-20(17-26)15-21(14-19)18-26)22-5-7-23(8-6-22)31-12-4-10-27-9-3-11-28/h5-8,19-21,24,27-28H,2-4,9-18H2,1H3. The van der Waals surface area contributed by atoms with E-state index in [1.807, 2.05) is 19.1 Å². The number of hydrogen-bond donors (Lipinski definition) is 2. The number of benzene rings is 1. The molecule has 172 valence electrons. The molecule has 0 amide bonds. The number of esters is 1. The summed E-state index contributed by atoms with van der Waals surface area (Å²) in [6, 6.07) is 8.21. The minimum Gasteiger partial charge on any atom is -0.494 e. The van der Waals surface area contributed by atoms with Crippen molar-refractivity contribution in [3.63, 3.8) is 0 Å². The van der Waals surface area contributed by atoms with Crippen molar-refractivity contribution in [1.29, 1.82) is 0 Å². The van der Waals surface area contributed by atoms with Gasteiger partial charge in [0.15, 0.2) is 0 Å². The Morgan fingerprint density at radius 2 is 1.68 bits per heavy atom. The number of aliphatic hydroxyl groups excluding tert-OH is 1. The highest BCUT2D eigenvalue weighted by Gasteiger charge is 2.56. The normalized spacial score (nSPS) is 29.7. The summed E-state index contributed by atoms with van der Waals surface area (Å²) in [4.78, 5) is 13.2. The van der Waals surface area contributed by atoms with Crippen LogP contribution in [0.2, 0.25) is 0 Å². The second-order valence-electron chi connectivity index (χ2n) is 10.1. The van der Waals surface area contributed by atoms with Crippen LogP contribution in [0.4, 0.5) is 0 Å². The van der Waals surface area contributed by atoms with Gasteiger partial charge in [0.2, 0.25) is 0 Å². The summed E-state index contributed by atoms with van der Waals surface area (Å²) < 4.78 is 11.5. The van der Waals surface area contributed by atoms with Gasteiger partial charge in [-0.15, -0.1) is 0 Å². The molecule has 0 heterocycles. The number of ether oxygens (including phenoxy) is 2. The van der Waals surface area contributed by atoms with Crippen molar-refractivity contribution in [3.8, 4) is 5.75 Å². The third kappa shape index (κ3) is 5.25. The van der Waals surface area contributed by atoms with Gasteiger partial charge in [0, 0.05) is 6.61 Å². The maximum absolute atomic E-state index is 13.2. The summed E-state index contributed by atoms with van der Waals surface area (Å²) in [6.45, 7) is 4.95. The predicted octanol–water partition coefficient (Wildman–Crippen LogP) is 4.29. The molecule has 1 atom stereocenters. The van der Waals surface area contributed by atoms with Crippen LogP contribution in [0.25, 0.3) is 0 Å². The zero-order chi connectivity index (χ0) is 21.7. The average Bonchev–Trinajstić information content (AvgIpc) is 2.73. The first-order valence-electron chi connectivity index (χ1n) is 12.3. The fourth-order valence-electron chi connectivity index (χ4n) is 6.97. The Hall–Kier alpha value is -1.59. The van der Waals surface area contributed by atoms with Crippen LogP contribution in [-0.4, -0.2) is 44.0 Å². The van der Waals surface area contributed by atoms with Gasteiger partial charge < -0.3 is 19.9 Å². The van der Waals surface area contributed by atoms with Crippen molar-refractivity contribution >= 4 is 5.97 Å². The van der Waals surface area contributed by atoms with E-state index in [4.69, 9.17) is 14.6 Å². The zero-order valence-electron chi connectivity index (χ0n) is 19.0. The van der Waals surface area contributed by atoms with E-state index in [0.717, 1.165) is 55.0 Å². The van der Waals surface area contributed by atoms with Gasteiger partial charge in [-0.05, 0) is 112 Å². The summed E-state index contributed by atoms with van der Waals surface area (Å²) >= 11 is 0. The first kappa shape index (κ1) is 22.6. The summed E-state index contributed by atoms with van der Waals surface area (Å²) in [5.74, 6) is 3.08. The van der Waals surface area contributed by atoms with E-state index >= 15 is 0 Å². The zero-order valence-corrected chi connectivity index (χ0v) is 19.0. The van der Waals surface area contributed by atoms with Gasteiger partial charge in [-0.25, -0.2) is 0 Å². The molecule has 1 unspecified atom stereocenters. The Kier molecular flexibility index (Phi) is 7.55. The van der Waals surface area contributed by atoms with Gasteiger partial charge in [0.05, 0.1) is 19.1 Å². The number of hydrogen-bond acceptors (Lipinski definition) is 5. The van der Waals surface area contributed by atoms with Crippen LogP contribution >= 0.6 is 0 Å². The molecule has 5 heteroatoms. The van der Waals surface area contributed by atoms with Crippen LogP contribution in [0, 0.1) is 23.2 Å². The summed E-state index contributed by atoms with van der Waals surface area (Å²) in [6.07, 6.45) is 9.38. The molecule has 4 aliphatic carbocycles. The van der Waals surface area contributed by atoms with E-state index in [0.29, 0.717) is 13.2 Å². The van der Waals surface area contributed by atoms with E-state index < -0.39 is 0 Å². The van der Waals surface area contributed by atoms with Gasteiger partial charge in [-0.3, -0.25) is 4.79 Å². The molecule has 1 aromatic rings. The Balaban J connectivity index is 1.40. The predicted molar refractivity (Wildman–Crippen MR) is 121 cm³/mol. The highest BCUT2D eigenvalue weighted by Crippen LogP contribution is 2.64. The quantitative estimate of drug-likeness (QED) is 0.383. The Bertz CT molecular complexity index is 681. The average molecular weight is 430 g/mol. The molecule has 0 radical (unpaired) electrons. The van der Waals surface area contributed by atoms with Crippen molar-refractivity contribution in [2.24, 2.45) is 23.2 Å². The fourth-order valence-corrected chi connectivity index (χ4v) is 6.97. The lowest BCUT2D eigenvalue weighted by Crippen LogP contribution is -2.50. The first-order chi connectivity index (χ1) is 15.1. The van der Waals surface area contributed by atoms with Crippen molar-refractivity contribution in [1.82, 2.24) is 5.32 Å². The van der Waals surface area contributed by atoms with Gasteiger partial charge in [-0.1, -0.05) is 12.1 Å². The second-order valence-corrected chi connectivity index (χ2v) is 10.1. The molecule has 5 nitrogen and oxygen atoms in total. The maximum Gasteiger partial charge on any atom is 0.313 e. The Labute approximate surface area is 186 Å². The number of carbonyl (C=O) groups is 1. The van der Waals surface area contributed by atoms with Gasteiger partial charge in [-0.2, -0.15) is 0 Å². The smallest absolute Gasteiger partial charge is 0.313 e. The Morgan fingerprint density at radius 3 is 2.26 bits per heavy atom. The van der Waals surface area contributed by atoms with E-state index in [1.54, 1.807) is 0 Å². The number of aliphatic hydroxyl groups is 1. The van der Waals surface area contributed by atoms with Crippen molar-refractivity contribution in [3.05, 3.63) is 29.8 Å². The third-order valence-corrected chi connectivity index (χ3v) is 7.71. The van der Waals surface area contributed by atoms with Gasteiger partial charge in [0.25, 0.3) is 0 Å². The second kappa shape index (κ2) is 10.4. The summed E-state index contributed by atoms with van der Waals surface area (Å²) in [7, 11) is 0. The molecule has 31 heavy (non-hydrogen) atoms. The lowest BCUT2D eigenvalue weighted by molar-refractivity contribution is -0.155. The molecule has 0 aromatic heterocycles. The minimum atomic E-state index is -0.148. The molecule has 2 N–H and O–H groups in total. The topological polar surface area (TPSA) is 67.8 Å². The number of carbonyl (C=O) groups excluding carboxylic acids is 1. The Morgan fingerprint density at radius 1 is 1.06 bits per heavy atom. The largest absolute Gasteiger partial charge is 0.494 e. The fraction of sp³-hybridized carbons (Fsp3) is 0.731. The van der Waals surface area contributed by atoms with Crippen molar-refractivity contribution < 1.29 is 19.4 Å². The monoisotopic (exact) mass is 429 g/mol. The molecule has 1 aromatic carbocycles. The lowest BCUT2D eigenvalue weighted by atomic mass is 9.46. The SMILES string of the molecule is CCOC(=O)C(c1ccc(OCCCNCCCO)cc1)C12CC3CC(CC(C3)C1)C2. The molecule has 0 saturated heterocycles. The van der Waals surface area contributed by atoms with E-state index in [-0.39, 0.29) is 23.9 Å². The van der Waals surface area contributed by atoms with Crippen LogP contribution in [0.3, 0.4) is 0 Å². The molecular formula is C26H39NO4. The van der Waals surface area contributed by atoms with Crippen LogP contribution in [0.5, 0.6) is 5.75 Å². The molecule has 5 rings (SSSR count). The highest BCUT2D eigenvalue weighted by atomic mass is 16.5. The molecule has 4 fully saturated rings. The third-order valence-electron chi connectivity index (χ3n) is 7.71. The van der Waals surface area contributed by atoms with E-state index in [1.165, 1.54) is 38.5 Å². The minimum absolute atomic E-state index is 0.0351. The maximum atomic E-state index is 13.2. The van der Waals surface area contributed by atoms with E-state index in [2.05, 4.69) is 17.4 Å². The molecule has 0 spiro atoms. The number of rotatable bonds is 12. The van der Waals surface area contributed by atoms with Crippen LogP contribution in [0.1, 0.15) is 69.8 Å². The van der Waals surface area contributed by atoms with Crippen LogP contribution in [-0.2, 0) is 9.53 Å². The molecule has 4 aliphatic rings. The van der Waals surface area contributed by atoms with Crippen LogP contribution in [0.15, 0.2) is 24.3 Å². The lowest BCUT2D eigenvalue weighted by Gasteiger charge is -2.59. The van der Waals surface area contributed by atoms with Crippen molar-refractivity contribution in [2.45, 2.75) is 64.2 Å². The summed E-state index contributed by atoms with van der Waals surface area (Å²) in [5, 5.41) is 12.1.